The van der Waals surface area contributed by atoms with Gasteiger partial charge in [-0.2, -0.15) is 0 Å². The lowest BCUT2D eigenvalue weighted by Gasteiger charge is -2.44. The van der Waals surface area contributed by atoms with Crippen LogP contribution in [0.1, 0.15) is 28.8 Å². The fourth-order valence-corrected chi connectivity index (χ4v) is 4.45. The van der Waals surface area contributed by atoms with Crippen molar-refractivity contribution in [2.24, 2.45) is 0 Å². The van der Waals surface area contributed by atoms with Crippen molar-refractivity contribution in [1.82, 2.24) is 9.80 Å². The molecule has 5 heteroatoms. The minimum Gasteiger partial charge on any atom is -0.508 e. The van der Waals surface area contributed by atoms with Gasteiger partial charge in [0.2, 0.25) is 0 Å². The number of carbonyl (C=O) groups excluding carboxylic acids is 1. The molecule has 0 aromatic heterocycles. The first-order chi connectivity index (χ1) is 13.6. The van der Waals surface area contributed by atoms with Gasteiger partial charge in [-0.3, -0.25) is 9.69 Å². The molecule has 28 heavy (non-hydrogen) atoms. The van der Waals surface area contributed by atoms with Crippen LogP contribution in [-0.4, -0.2) is 66.1 Å². The Kier molecular flexibility index (Phi) is 5.53. The van der Waals surface area contributed by atoms with Crippen LogP contribution in [-0.2, 0) is 0 Å². The van der Waals surface area contributed by atoms with Gasteiger partial charge >= 0.3 is 0 Å². The molecule has 2 fully saturated rings. The van der Waals surface area contributed by atoms with E-state index in [0.717, 1.165) is 52.1 Å². The van der Waals surface area contributed by atoms with E-state index in [2.05, 4.69) is 40.1 Å². The summed E-state index contributed by atoms with van der Waals surface area (Å²) in [6, 6.07) is 16.2. The highest BCUT2D eigenvalue weighted by Gasteiger charge is 2.31. The number of likely N-dealkylation sites (tertiary alicyclic amines) is 1. The van der Waals surface area contributed by atoms with Crippen LogP contribution in [0.25, 0.3) is 0 Å². The maximum atomic E-state index is 13.0. The lowest BCUT2D eigenvalue weighted by Crippen LogP contribution is -2.55. The summed E-state index contributed by atoms with van der Waals surface area (Å²) in [6.07, 6.45) is 2.18. The Hall–Kier alpha value is -2.53. The fraction of sp³-hybridized carbons (Fsp3) is 0.435. The van der Waals surface area contributed by atoms with E-state index in [1.807, 2.05) is 17.9 Å². The number of rotatable bonds is 3. The summed E-state index contributed by atoms with van der Waals surface area (Å²) in [7, 11) is 0. The number of piperidine rings is 1. The lowest BCUT2D eigenvalue weighted by atomic mass is 10.0. The number of phenols is 1. The van der Waals surface area contributed by atoms with Crippen molar-refractivity contribution in [3.05, 3.63) is 59.7 Å². The molecule has 2 aliphatic rings. The average Bonchev–Trinajstić information content (AvgIpc) is 2.76. The Balaban J connectivity index is 1.38. The molecule has 0 bridgehead atoms. The number of anilines is 1. The van der Waals surface area contributed by atoms with Gasteiger partial charge in [-0.05, 0) is 44.0 Å². The molecule has 4 rings (SSSR count). The van der Waals surface area contributed by atoms with Crippen molar-refractivity contribution in [3.63, 3.8) is 0 Å². The highest BCUT2D eigenvalue weighted by atomic mass is 16.3. The van der Waals surface area contributed by atoms with E-state index >= 15 is 0 Å². The molecule has 1 atom stereocenters. The molecule has 1 unspecified atom stereocenters. The number of hydrogen-bond acceptors (Lipinski definition) is 4. The van der Waals surface area contributed by atoms with Crippen LogP contribution in [0.4, 0.5) is 5.69 Å². The van der Waals surface area contributed by atoms with E-state index in [1.54, 1.807) is 12.1 Å². The summed E-state index contributed by atoms with van der Waals surface area (Å²) in [5.41, 5.74) is 2.59. The molecule has 1 N–H and O–H groups in total. The summed E-state index contributed by atoms with van der Waals surface area (Å²) in [4.78, 5) is 20.0. The van der Waals surface area contributed by atoms with Crippen LogP contribution in [0.15, 0.2) is 48.5 Å². The van der Waals surface area contributed by atoms with Gasteiger partial charge in [-0.25, -0.2) is 0 Å². The van der Waals surface area contributed by atoms with Gasteiger partial charge in [0.05, 0.1) is 0 Å². The van der Waals surface area contributed by atoms with Crippen molar-refractivity contribution in [2.45, 2.75) is 25.8 Å². The second-order valence-corrected chi connectivity index (χ2v) is 7.86. The first kappa shape index (κ1) is 18.8. The summed E-state index contributed by atoms with van der Waals surface area (Å²) >= 11 is 0. The molecule has 2 aliphatic heterocycles. The molecule has 0 spiro atoms. The monoisotopic (exact) mass is 379 g/mol. The molecule has 0 radical (unpaired) electrons. The predicted molar refractivity (Wildman–Crippen MR) is 112 cm³/mol. The summed E-state index contributed by atoms with van der Waals surface area (Å²) in [5, 5.41) is 9.94. The van der Waals surface area contributed by atoms with E-state index in [-0.39, 0.29) is 11.7 Å². The van der Waals surface area contributed by atoms with Crippen molar-refractivity contribution < 1.29 is 9.90 Å². The van der Waals surface area contributed by atoms with E-state index in [9.17, 15) is 9.90 Å². The zero-order valence-corrected chi connectivity index (χ0v) is 16.6. The number of nitrogens with zero attached hydrogens (tertiary/aromatic N) is 3. The predicted octanol–water partition coefficient (Wildman–Crippen LogP) is 3.13. The third kappa shape index (κ3) is 3.85. The van der Waals surface area contributed by atoms with Gasteiger partial charge in [0.15, 0.2) is 0 Å². The van der Waals surface area contributed by atoms with Crippen LogP contribution in [0.5, 0.6) is 5.75 Å². The molecule has 1 amide bonds. The molecular formula is C23H29N3O2. The third-order valence-corrected chi connectivity index (χ3v) is 6.17. The van der Waals surface area contributed by atoms with E-state index in [4.69, 9.17) is 0 Å². The molecule has 148 valence electrons. The minimum atomic E-state index is 0.0426. The number of amides is 1. The Morgan fingerprint density at radius 1 is 0.964 bits per heavy atom. The van der Waals surface area contributed by atoms with Gasteiger partial charge in [-0.15, -0.1) is 0 Å². The highest BCUT2D eigenvalue weighted by Crippen LogP contribution is 2.25. The standard InChI is InChI=1S/C23H29N3O2/c1-18-21(10-5-11-22(18)27)23(28)26-12-6-9-20(17-26)25-15-13-24(14-16-25)19-7-3-2-4-8-19/h2-5,7-8,10-11,20,27H,6,9,12-17H2,1H3. The largest absolute Gasteiger partial charge is 0.508 e. The van der Waals surface area contributed by atoms with Crippen LogP contribution in [0.2, 0.25) is 0 Å². The number of piperazine rings is 1. The second-order valence-electron chi connectivity index (χ2n) is 7.86. The zero-order chi connectivity index (χ0) is 19.5. The Bertz CT molecular complexity index is 816. The van der Waals surface area contributed by atoms with Crippen LogP contribution < -0.4 is 4.90 Å². The number of phenolic OH excluding ortho intramolecular Hbond substituents is 1. The Morgan fingerprint density at radius 3 is 2.46 bits per heavy atom. The molecule has 2 heterocycles. The molecule has 2 aromatic rings. The smallest absolute Gasteiger partial charge is 0.254 e. The molecule has 2 aromatic carbocycles. The molecule has 0 aliphatic carbocycles. The topological polar surface area (TPSA) is 47.0 Å². The number of para-hydroxylation sites is 1. The SMILES string of the molecule is Cc1c(O)cccc1C(=O)N1CCCC(N2CCN(c3ccccc3)CC2)C1. The van der Waals surface area contributed by atoms with Gasteiger partial charge in [0.1, 0.15) is 5.75 Å². The van der Waals surface area contributed by atoms with Gasteiger partial charge in [-0.1, -0.05) is 24.3 Å². The minimum absolute atomic E-state index is 0.0426. The zero-order valence-electron chi connectivity index (χ0n) is 16.6. The van der Waals surface area contributed by atoms with Crippen LogP contribution in [0.3, 0.4) is 0 Å². The highest BCUT2D eigenvalue weighted by molar-refractivity contribution is 5.96. The maximum Gasteiger partial charge on any atom is 0.254 e. The van der Waals surface area contributed by atoms with Crippen LogP contribution in [0, 0.1) is 6.92 Å². The fourth-order valence-electron chi connectivity index (χ4n) is 4.45. The summed E-state index contributed by atoms with van der Waals surface area (Å²) in [6.45, 7) is 7.51. The molecule has 5 nitrogen and oxygen atoms in total. The first-order valence-corrected chi connectivity index (χ1v) is 10.3. The van der Waals surface area contributed by atoms with Crippen molar-refractivity contribution in [3.8, 4) is 5.75 Å². The number of hydrogen-bond donors (Lipinski definition) is 1. The number of carbonyl (C=O) groups is 1. The van der Waals surface area contributed by atoms with Gasteiger partial charge in [0.25, 0.3) is 5.91 Å². The molecule has 0 saturated carbocycles. The summed E-state index contributed by atoms with van der Waals surface area (Å²) < 4.78 is 0. The second kappa shape index (κ2) is 8.23. The van der Waals surface area contributed by atoms with Crippen molar-refractivity contribution >= 4 is 11.6 Å². The lowest BCUT2D eigenvalue weighted by molar-refractivity contribution is 0.0562. The van der Waals surface area contributed by atoms with E-state index in [1.165, 1.54) is 5.69 Å². The van der Waals surface area contributed by atoms with Crippen molar-refractivity contribution in [2.75, 3.05) is 44.2 Å². The normalized spacial score (nSPS) is 21.0. The third-order valence-electron chi connectivity index (χ3n) is 6.17. The van der Waals surface area contributed by atoms with Crippen LogP contribution >= 0.6 is 0 Å². The molecular weight excluding hydrogens is 350 g/mol. The van der Waals surface area contributed by atoms with Gasteiger partial charge in [0, 0.05) is 62.1 Å². The first-order valence-electron chi connectivity index (χ1n) is 10.3. The van der Waals surface area contributed by atoms with Crippen molar-refractivity contribution in [1.29, 1.82) is 0 Å². The quantitative estimate of drug-likeness (QED) is 0.890. The van der Waals surface area contributed by atoms with E-state index < -0.39 is 0 Å². The Morgan fingerprint density at radius 2 is 1.71 bits per heavy atom. The number of benzene rings is 2. The summed E-state index contributed by atoms with van der Waals surface area (Å²) in [5.74, 6) is 0.234. The Labute approximate surface area is 167 Å². The molecule has 2 saturated heterocycles. The number of aromatic hydroxyl groups is 1. The van der Waals surface area contributed by atoms with Gasteiger partial charge < -0.3 is 14.9 Å². The maximum absolute atomic E-state index is 13.0. The van der Waals surface area contributed by atoms with E-state index in [0.29, 0.717) is 17.2 Å². The average molecular weight is 380 g/mol.